The Morgan fingerprint density at radius 2 is 1.69 bits per heavy atom. The third kappa shape index (κ3) is 4.19. The van der Waals surface area contributed by atoms with Crippen LogP contribution in [0.15, 0.2) is 23.3 Å². The number of nitrogens with zero attached hydrogens (tertiary/aromatic N) is 1. The van der Waals surface area contributed by atoms with Gasteiger partial charge < -0.3 is 9.47 Å². The van der Waals surface area contributed by atoms with Gasteiger partial charge in [-0.1, -0.05) is 0 Å². The fraction of sp³-hybridized carbons (Fsp3) is 0.400. The van der Waals surface area contributed by atoms with Gasteiger partial charge in [-0.2, -0.15) is 0 Å². The number of carbonyl (C=O) groups excluding carboxylic acids is 3. The Bertz CT molecular complexity index is 900. The molecule has 9 heteroatoms. The van der Waals surface area contributed by atoms with Gasteiger partial charge in [0.05, 0.1) is 30.9 Å². The summed E-state index contributed by atoms with van der Waals surface area (Å²) < 4.78 is 38.7. The number of ether oxygens (including phenoxy) is 2. The number of hydrogen-bond acceptors (Lipinski definition) is 6. The average Bonchev–Trinajstić information content (AvgIpc) is 2.93. The molecule has 0 unspecified atom stereocenters. The van der Waals surface area contributed by atoms with Crippen LogP contribution in [0.2, 0.25) is 0 Å². The zero-order valence-corrected chi connectivity index (χ0v) is 16.6. The number of hydrogen-bond donors (Lipinski definition) is 0. The van der Waals surface area contributed by atoms with Gasteiger partial charge in [0.2, 0.25) is 0 Å². The molecule has 1 heterocycles. The first-order valence-electron chi connectivity index (χ1n) is 9.27. The van der Waals surface area contributed by atoms with Crippen LogP contribution in [0.4, 0.5) is 14.5 Å². The fourth-order valence-electron chi connectivity index (χ4n) is 3.36. The highest BCUT2D eigenvalue weighted by molar-refractivity contribution is 7.80. The molecule has 2 amide bonds. The van der Waals surface area contributed by atoms with E-state index < -0.39 is 29.4 Å². The molecule has 29 heavy (non-hydrogen) atoms. The summed E-state index contributed by atoms with van der Waals surface area (Å²) in [5.41, 5.74) is 0.132. The van der Waals surface area contributed by atoms with Crippen LogP contribution in [-0.2, 0) is 23.9 Å². The van der Waals surface area contributed by atoms with E-state index >= 15 is 0 Å². The first-order valence-corrected chi connectivity index (χ1v) is 9.68. The summed E-state index contributed by atoms with van der Waals surface area (Å²) >= 11 is 5.03. The summed E-state index contributed by atoms with van der Waals surface area (Å²) in [6, 6.07) is 1.55. The molecule has 2 aliphatic rings. The lowest BCUT2D eigenvalue weighted by Gasteiger charge is -2.18. The number of benzene rings is 1. The van der Waals surface area contributed by atoms with Crippen molar-refractivity contribution in [2.45, 2.75) is 39.0 Å². The minimum atomic E-state index is -1.05. The van der Waals surface area contributed by atoms with Crippen LogP contribution >= 0.6 is 12.2 Å². The number of esters is 1. The Kier molecular flexibility index (Phi) is 6.36. The minimum Gasteiger partial charge on any atom is -0.482 e. The number of rotatable bonds is 6. The molecule has 0 spiro atoms. The van der Waals surface area contributed by atoms with Crippen molar-refractivity contribution in [1.82, 2.24) is 0 Å². The second kappa shape index (κ2) is 8.77. The monoisotopic (exact) mass is 423 g/mol. The molecule has 0 saturated carbocycles. The predicted molar refractivity (Wildman–Crippen MR) is 103 cm³/mol. The third-order valence-electron chi connectivity index (χ3n) is 4.73. The molecule has 0 bridgehead atoms. The summed E-state index contributed by atoms with van der Waals surface area (Å²) in [5.74, 6) is -3.72. The van der Waals surface area contributed by atoms with E-state index in [0.717, 1.165) is 23.8 Å². The lowest BCUT2D eigenvalue weighted by Crippen LogP contribution is -2.32. The number of halogens is 2. The smallest absolute Gasteiger partial charge is 0.309 e. The van der Waals surface area contributed by atoms with Crippen molar-refractivity contribution in [1.29, 1.82) is 0 Å². The molecule has 0 fully saturated rings. The van der Waals surface area contributed by atoms with E-state index in [9.17, 15) is 23.2 Å². The molecule has 0 saturated heterocycles. The van der Waals surface area contributed by atoms with Crippen LogP contribution in [0.5, 0.6) is 0 Å². The van der Waals surface area contributed by atoms with Gasteiger partial charge in [-0.25, -0.2) is 13.7 Å². The first kappa shape index (κ1) is 21.0. The van der Waals surface area contributed by atoms with Gasteiger partial charge in [-0.3, -0.25) is 14.4 Å². The van der Waals surface area contributed by atoms with E-state index in [1.54, 1.807) is 6.92 Å². The Balaban J connectivity index is 1.81. The van der Waals surface area contributed by atoms with Crippen molar-refractivity contribution >= 4 is 40.7 Å². The maximum absolute atomic E-state index is 14.5. The Labute approximate surface area is 171 Å². The summed E-state index contributed by atoms with van der Waals surface area (Å²) in [6.45, 7) is 1.73. The van der Waals surface area contributed by atoms with Gasteiger partial charge in [0.1, 0.15) is 11.6 Å². The van der Waals surface area contributed by atoms with Gasteiger partial charge in [0.25, 0.3) is 11.8 Å². The van der Waals surface area contributed by atoms with Gasteiger partial charge in [-0.15, -0.1) is 0 Å². The first-order chi connectivity index (χ1) is 13.8. The molecule has 154 valence electrons. The van der Waals surface area contributed by atoms with Gasteiger partial charge in [-0.05, 0) is 50.9 Å². The largest absolute Gasteiger partial charge is 0.482 e. The number of carbonyl (C=O) groups is 3. The van der Waals surface area contributed by atoms with Crippen LogP contribution in [0.3, 0.4) is 0 Å². The average molecular weight is 423 g/mol. The highest BCUT2D eigenvalue weighted by Crippen LogP contribution is 2.37. The number of amides is 2. The van der Waals surface area contributed by atoms with Crippen LogP contribution in [-0.4, -0.2) is 36.0 Å². The molecule has 3 rings (SSSR count). The van der Waals surface area contributed by atoms with Crippen LogP contribution in [0.25, 0.3) is 0 Å². The van der Waals surface area contributed by atoms with Crippen LogP contribution < -0.4 is 4.90 Å². The van der Waals surface area contributed by atoms with E-state index in [-0.39, 0.29) is 35.9 Å². The van der Waals surface area contributed by atoms with Crippen LogP contribution in [0, 0.1) is 11.6 Å². The summed E-state index contributed by atoms with van der Waals surface area (Å²) in [4.78, 5) is 37.4. The molecular formula is C20H19F2NO5S. The number of imide groups is 1. The molecule has 1 aromatic carbocycles. The molecule has 1 aromatic rings. The molecular weight excluding hydrogens is 404 g/mol. The molecule has 0 atom stereocenters. The molecule has 0 radical (unpaired) electrons. The number of thiocarbonyl (C=S) groups is 1. The Hall–Kier alpha value is -2.68. The predicted octanol–water partition coefficient (Wildman–Crippen LogP) is 3.35. The quantitative estimate of drug-likeness (QED) is 0.397. The van der Waals surface area contributed by atoms with E-state index in [2.05, 4.69) is 0 Å². The number of anilines is 1. The minimum absolute atomic E-state index is 0.0939. The fourth-order valence-corrected chi connectivity index (χ4v) is 3.60. The molecule has 0 N–H and O–H groups in total. The third-order valence-corrected chi connectivity index (χ3v) is 5.07. The van der Waals surface area contributed by atoms with Gasteiger partial charge >= 0.3 is 5.97 Å². The van der Waals surface area contributed by atoms with Crippen molar-refractivity contribution < 1.29 is 32.6 Å². The second-order valence-corrected chi connectivity index (χ2v) is 6.96. The Morgan fingerprint density at radius 1 is 1.07 bits per heavy atom. The molecule has 1 aliphatic heterocycles. The van der Waals surface area contributed by atoms with E-state index in [0.29, 0.717) is 30.1 Å². The maximum atomic E-state index is 14.5. The van der Waals surface area contributed by atoms with Crippen molar-refractivity contribution in [3.05, 3.63) is 40.5 Å². The van der Waals surface area contributed by atoms with E-state index in [4.69, 9.17) is 21.7 Å². The van der Waals surface area contributed by atoms with Crippen molar-refractivity contribution in [3.63, 3.8) is 0 Å². The van der Waals surface area contributed by atoms with Crippen molar-refractivity contribution in [2.24, 2.45) is 0 Å². The van der Waals surface area contributed by atoms with Crippen molar-refractivity contribution in [3.8, 4) is 0 Å². The standard InChI is InChI=1S/C20H19F2NO5S/c1-2-27-17(24)7-8-28-20(29)13-9-16(15(22)10-14(13)21)23-18(25)11-5-3-4-6-12(11)19(23)26/h9-10H,2-8H2,1H3. The topological polar surface area (TPSA) is 72.9 Å². The molecule has 6 nitrogen and oxygen atoms in total. The normalized spacial score (nSPS) is 16.2. The molecule has 1 aliphatic carbocycles. The van der Waals surface area contributed by atoms with E-state index in [1.807, 2.05) is 0 Å². The maximum Gasteiger partial charge on any atom is 0.309 e. The SMILES string of the molecule is CCOC(=O)CCOC(=S)c1cc(N2C(=O)C3=C(CCCC3)C2=O)c(F)cc1F. The zero-order chi connectivity index (χ0) is 21.1. The highest BCUT2D eigenvalue weighted by Gasteiger charge is 2.41. The zero-order valence-electron chi connectivity index (χ0n) is 15.8. The lowest BCUT2D eigenvalue weighted by molar-refractivity contribution is -0.143. The highest BCUT2D eigenvalue weighted by atomic mass is 32.1. The summed E-state index contributed by atoms with van der Waals surface area (Å²) in [7, 11) is 0. The summed E-state index contributed by atoms with van der Waals surface area (Å²) in [6.07, 6.45) is 2.38. The van der Waals surface area contributed by atoms with Crippen molar-refractivity contribution in [2.75, 3.05) is 18.1 Å². The summed E-state index contributed by atoms with van der Waals surface area (Å²) in [5, 5.41) is -0.315. The van der Waals surface area contributed by atoms with Gasteiger partial charge in [0, 0.05) is 17.2 Å². The lowest BCUT2D eigenvalue weighted by atomic mass is 9.93. The van der Waals surface area contributed by atoms with Crippen LogP contribution in [0.1, 0.15) is 44.6 Å². The second-order valence-electron chi connectivity index (χ2n) is 6.58. The van der Waals surface area contributed by atoms with Gasteiger partial charge in [0.15, 0.2) is 5.05 Å². The molecule has 0 aromatic heterocycles. The Morgan fingerprint density at radius 3 is 2.28 bits per heavy atom. The van der Waals surface area contributed by atoms with E-state index in [1.165, 1.54) is 0 Å².